The highest BCUT2D eigenvalue weighted by Crippen LogP contribution is 2.60. The SMILES string of the molecule is CC/C=C\C/C=C\C/C=C\C/C=C\C/C=C\CCCCCC(=O)OC[C@H](COP(=O)(O)OP(=O)(O)OC[C@H]1O[C@@H](n2ccc(N)nc2=O)[C@H](O)[C@@H]1O)OC(=O)CCC/C=C\CC1OC1C/C=C\C/C=C\CCCCC. The van der Waals surface area contributed by atoms with Crippen LogP contribution in [0.2, 0.25) is 0 Å². The van der Waals surface area contributed by atoms with Crippen LogP contribution in [0.5, 0.6) is 0 Å². The van der Waals surface area contributed by atoms with Gasteiger partial charge in [-0.3, -0.25) is 23.2 Å². The van der Waals surface area contributed by atoms with Crippen molar-refractivity contribution in [1.82, 2.24) is 9.55 Å². The highest BCUT2D eigenvalue weighted by atomic mass is 31.3. The molecule has 0 aromatic carbocycles. The number of phosphoric ester groups is 2. The molecule has 1 aromatic heterocycles. The summed E-state index contributed by atoms with van der Waals surface area (Å²) in [5.74, 6) is -1.42. The van der Waals surface area contributed by atoms with Crippen LogP contribution < -0.4 is 11.4 Å². The molecule has 9 atom stereocenters. The summed E-state index contributed by atoms with van der Waals surface area (Å²) >= 11 is 0. The minimum absolute atomic E-state index is 0.0475. The molecule has 0 saturated carbocycles. The number of ether oxygens (including phenoxy) is 4. The molecule has 0 amide bonds. The molecule has 0 spiro atoms. The van der Waals surface area contributed by atoms with E-state index in [1.807, 2.05) is 12.2 Å². The number of nitrogen functional groups attached to an aromatic ring is 1. The molecule has 2 saturated heterocycles. The fraction of sp³-hybridized carbons (Fsp3) is 0.593. The maximum Gasteiger partial charge on any atom is 0.481 e. The lowest BCUT2D eigenvalue weighted by Crippen LogP contribution is -2.36. The van der Waals surface area contributed by atoms with Crippen molar-refractivity contribution in [2.24, 2.45) is 0 Å². The number of hydrogen-bond acceptors (Lipinski definition) is 16. The Balaban J connectivity index is 1.42. The van der Waals surface area contributed by atoms with Crippen LogP contribution >= 0.6 is 15.6 Å². The van der Waals surface area contributed by atoms with Crippen molar-refractivity contribution in [2.45, 2.75) is 185 Å². The molecular formula is C54H83N3O16P2. The Kier molecular flexibility index (Phi) is 33.1. The number of carbonyl (C=O) groups excluding carboxylic acids is 2. The van der Waals surface area contributed by atoms with E-state index in [0.29, 0.717) is 19.3 Å². The molecule has 0 aliphatic carbocycles. The van der Waals surface area contributed by atoms with E-state index in [1.165, 1.54) is 25.3 Å². The first-order chi connectivity index (χ1) is 36.1. The monoisotopic (exact) mass is 1090 g/mol. The second kappa shape index (κ2) is 38.2. The van der Waals surface area contributed by atoms with Gasteiger partial charge in [0.15, 0.2) is 12.3 Å². The molecule has 4 unspecified atom stereocenters. The van der Waals surface area contributed by atoms with Gasteiger partial charge in [0, 0.05) is 19.0 Å². The number of esters is 2. The molecule has 21 heteroatoms. The fourth-order valence-corrected chi connectivity index (χ4v) is 9.48. The van der Waals surface area contributed by atoms with Crippen molar-refractivity contribution in [1.29, 1.82) is 0 Å². The first-order valence-corrected chi connectivity index (χ1v) is 29.4. The third-order valence-electron chi connectivity index (χ3n) is 11.6. The number of aliphatic hydroxyl groups excluding tert-OH is 2. The lowest BCUT2D eigenvalue weighted by atomic mass is 10.1. The van der Waals surface area contributed by atoms with Crippen LogP contribution in [-0.4, -0.2) is 97.9 Å². The molecule has 1 aromatic rings. The van der Waals surface area contributed by atoms with Crippen LogP contribution in [0, 0.1) is 0 Å². The van der Waals surface area contributed by atoms with Crippen molar-refractivity contribution < 1.29 is 71.0 Å². The van der Waals surface area contributed by atoms with Gasteiger partial charge in [0.2, 0.25) is 0 Å². The number of nitrogens with two attached hydrogens (primary N) is 1. The van der Waals surface area contributed by atoms with Crippen molar-refractivity contribution in [3.63, 3.8) is 0 Å². The van der Waals surface area contributed by atoms with Gasteiger partial charge in [-0.25, -0.2) is 13.9 Å². The zero-order chi connectivity index (χ0) is 54.6. The second-order valence-electron chi connectivity index (χ2n) is 18.0. The Labute approximate surface area is 443 Å². The summed E-state index contributed by atoms with van der Waals surface area (Å²) in [6, 6.07) is 1.24. The molecule has 2 aliphatic rings. The number of allylic oxidation sites excluding steroid dienone is 14. The van der Waals surface area contributed by atoms with E-state index in [1.54, 1.807) is 0 Å². The highest BCUT2D eigenvalue weighted by molar-refractivity contribution is 7.61. The number of epoxide rings is 1. The van der Waals surface area contributed by atoms with Gasteiger partial charge in [-0.1, -0.05) is 130 Å². The summed E-state index contributed by atoms with van der Waals surface area (Å²) in [5, 5.41) is 20.9. The molecule has 75 heavy (non-hydrogen) atoms. The third kappa shape index (κ3) is 30.2. The van der Waals surface area contributed by atoms with Gasteiger partial charge < -0.3 is 44.7 Å². The van der Waals surface area contributed by atoms with E-state index in [4.69, 9.17) is 33.7 Å². The minimum Gasteiger partial charge on any atom is -0.462 e. The molecule has 19 nitrogen and oxygen atoms in total. The number of nitrogens with zero attached hydrogens (tertiary/aromatic N) is 2. The van der Waals surface area contributed by atoms with Crippen molar-refractivity contribution in [2.75, 3.05) is 25.6 Å². The van der Waals surface area contributed by atoms with Crippen LogP contribution in [0.25, 0.3) is 0 Å². The lowest BCUT2D eigenvalue weighted by Gasteiger charge is -2.21. The molecule has 3 heterocycles. The first kappa shape index (κ1) is 64.9. The number of carbonyl (C=O) groups is 2. The number of aromatic nitrogens is 2. The van der Waals surface area contributed by atoms with E-state index in [-0.39, 0.29) is 30.9 Å². The largest absolute Gasteiger partial charge is 0.481 e. The number of rotatable bonds is 41. The van der Waals surface area contributed by atoms with Crippen LogP contribution in [0.1, 0.15) is 148 Å². The van der Waals surface area contributed by atoms with E-state index in [2.05, 4.69) is 108 Å². The Morgan fingerprint density at radius 2 is 1.20 bits per heavy atom. The average Bonchev–Trinajstić information content (AvgIpc) is 4.06. The number of aliphatic hydroxyl groups is 2. The maximum absolute atomic E-state index is 12.9. The fourth-order valence-electron chi connectivity index (χ4n) is 7.37. The molecule has 420 valence electrons. The lowest BCUT2D eigenvalue weighted by molar-refractivity contribution is -0.161. The van der Waals surface area contributed by atoms with Crippen molar-refractivity contribution in [3.05, 3.63) is 120 Å². The van der Waals surface area contributed by atoms with E-state index in [9.17, 15) is 43.5 Å². The van der Waals surface area contributed by atoms with Gasteiger partial charge in [0.05, 0.1) is 25.4 Å². The smallest absolute Gasteiger partial charge is 0.462 e. The Morgan fingerprint density at radius 1 is 0.667 bits per heavy atom. The highest BCUT2D eigenvalue weighted by Gasteiger charge is 2.46. The summed E-state index contributed by atoms with van der Waals surface area (Å²) in [6.45, 7) is 1.91. The quantitative estimate of drug-likeness (QED) is 0.0134. The van der Waals surface area contributed by atoms with Gasteiger partial charge in [-0.05, 0) is 102 Å². The zero-order valence-corrected chi connectivity index (χ0v) is 45.5. The normalized spacial score (nSPS) is 22.3. The van der Waals surface area contributed by atoms with E-state index < -0.39 is 83.7 Å². The summed E-state index contributed by atoms with van der Waals surface area (Å²) < 4.78 is 62.6. The standard InChI is InChI=1S/C54H83N3O16P2/c1-3-5-7-9-11-13-14-15-16-17-18-19-20-21-22-24-26-28-33-37-49(58)67-41-44(70-50(59)38-34-30-29-32-36-46-45(71-46)35-31-27-25-23-12-10-8-6-4-2)42-68-74(63,64)73-75(65,66)69-43-47-51(60)52(61)53(72-47)57-40-39-48(55)56-54(57)62/h5,7,11-13,15-16,18-19,21-23,27,29,31-32,39-40,44-47,51-53,60-61H,3-4,6,8-10,14,17,20,24-26,28,30,33-38,41-43H2,1-2H3,(H,63,64)(H,65,66)(H2,55,56,62)/b7-5-,13-11-,16-15-,19-18-,22-21-,23-12-,31-27-,32-29-/t44-,45?,46?,47-,51-,52-,53-/m1/s1. The molecule has 2 aliphatic heterocycles. The van der Waals surface area contributed by atoms with E-state index >= 15 is 0 Å². The second-order valence-corrected chi connectivity index (χ2v) is 21.1. The van der Waals surface area contributed by atoms with Crippen LogP contribution in [0.4, 0.5) is 5.82 Å². The predicted molar refractivity (Wildman–Crippen MR) is 288 cm³/mol. The topological polar surface area (TPSA) is 278 Å². The Hall–Kier alpha value is -4.36. The number of hydrogen-bond donors (Lipinski definition) is 5. The summed E-state index contributed by atoms with van der Waals surface area (Å²) in [5.41, 5.74) is 4.58. The number of anilines is 1. The molecule has 0 radical (unpaired) electrons. The minimum atomic E-state index is -5.46. The summed E-state index contributed by atoms with van der Waals surface area (Å²) in [6.07, 6.45) is 43.7. The third-order valence-corrected chi connectivity index (χ3v) is 14.2. The first-order valence-electron chi connectivity index (χ1n) is 26.4. The molecule has 2 fully saturated rings. The van der Waals surface area contributed by atoms with Gasteiger partial charge in [-0.2, -0.15) is 9.29 Å². The van der Waals surface area contributed by atoms with Crippen LogP contribution in [-0.2, 0) is 51.0 Å². The summed E-state index contributed by atoms with van der Waals surface area (Å²) in [4.78, 5) is 62.1. The van der Waals surface area contributed by atoms with Crippen molar-refractivity contribution in [3.8, 4) is 0 Å². The summed E-state index contributed by atoms with van der Waals surface area (Å²) in [7, 11) is -10.9. The zero-order valence-electron chi connectivity index (χ0n) is 43.8. The van der Waals surface area contributed by atoms with Gasteiger partial charge in [-0.15, -0.1) is 0 Å². The average molecular weight is 1090 g/mol. The van der Waals surface area contributed by atoms with Crippen LogP contribution in [0.3, 0.4) is 0 Å². The van der Waals surface area contributed by atoms with Crippen molar-refractivity contribution >= 4 is 33.4 Å². The molecular weight excluding hydrogens is 1010 g/mol. The molecule has 0 bridgehead atoms. The van der Waals surface area contributed by atoms with Gasteiger partial charge in [0.25, 0.3) is 0 Å². The van der Waals surface area contributed by atoms with E-state index in [0.717, 1.165) is 87.8 Å². The Morgan fingerprint density at radius 3 is 1.81 bits per heavy atom. The van der Waals surface area contributed by atoms with Gasteiger partial charge >= 0.3 is 33.3 Å². The Bertz CT molecular complexity index is 2210. The van der Waals surface area contributed by atoms with Crippen LogP contribution in [0.15, 0.2) is 114 Å². The molecule has 6 N–H and O–H groups in total. The maximum atomic E-state index is 12.9. The van der Waals surface area contributed by atoms with Gasteiger partial charge in [0.1, 0.15) is 30.7 Å². The molecule has 3 rings (SSSR count). The number of unbranched alkanes of at least 4 members (excludes halogenated alkanes) is 7. The predicted octanol–water partition coefficient (Wildman–Crippen LogP) is 10.2. The number of phosphoric acid groups is 2.